The molecule has 2 aromatic rings. The minimum absolute atomic E-state index is 0.118. The molecule has 3 rings (SSSR count). The number of nitrogens with one attached hydrogen (secondary N) is 2. The Labute approximate surface area is 164 Å². The van der Waals surface area contributed by atoms with Crippen LogP contribution in [0.25, 0.3) is 0 Å². The number of halogens is 1. The number of carbonyl (C=O) groups is 3. The van der Waals surface area contributed by atoms with Crippen LogP contribution in [0.1, 0.15) is 5.56 Å². The highest BCUT2D eigenvalue weighted by Crippen LogP contribution is 2.34. The van der Waals surface area contributed by atoms with Crippen molar-refractivity contribution in [1.82, 2.24) is 5.32 Å². The number of ether oxygens (including phenoxy) is 2. The molecule has 0 bridgehead atoms. The molecule has 28 heavy (non-hydrogen) atoms. The van der Waals surface area contributed by atoms with Crippen LogP contribution in [0.2, 0.25) is 5.02 Å². The molecule has 0 aliphatic carbocycles. The smallest absolute Gasteiger partial charge is 0.414 e. The Morgan fingerprint density at radius 2 is 1.61 bits per heavy atom. The minimum atomic E-state index is -1.82. The SMILES string of the molecule is O=C(CNCc1ccc(Cl)cc1)Nc1ccc2c(c1)OCO2.O=C(O)C(=O)O. The molecule has 0 spiro atoms. The van der Waals surface area contributed by atoms with Crippen LogP contribution in [-0.2, 0) is 20.9 Å². The number of rotatable bonds is 5. The van der Waals surface area contributed by atoms with E-state index in [0.717, 1.165) is 5.56 Å². The summed E-state index contributed by atoms with van der Waals surface area (Å²) in [5.41, 5.74) is 1.75. The van der Waals surface area contributed by atoms with E-state index in [2.05, 4.69) is 10.6 Å². The third-order valence-corrected chi connectivity index (χ3v) is 3.62. The summed E-state index contributed by atoms with van der Waals surface area (Å²) in [5.74, 6) is -2.43. The summed E-state index contributed by atoms with van der Waals surface area (Å²) in [6, 6.07) is 12.8. The molecule has 0 unspecified atom stereocenters. The maximum absolute atomic E-state index is 11.9. The number of carboxylic acids is 2. The molecular weight excluding hydrogens is 392 g/mol. The van der Waals surface area contributed by atoms with Gasteiger partial charge in [0.15, 0.2) is 11.5 Å². The zero-order chi connectivity index (χ0) is 20.5. The summed E-state index contributed by atoms with van der Waals surface area (Å²) in [6.07, 6.45) is 0. The lowest BCUT2D eigenvalue weighted by Gasteiger charge is -2.07. The molecule has 0 aromatic heterocycles. The predicted octanol–water partition coefficient (Wildman–Crippen LogP) is 1.95. The van der Waals surface area contributed by atoms with Gasteiger partial charge in [0.1, 0.15) is 0 Å². The van der Waals surface area contributed by atoms with Crippen LogP contribution in [0.15, 0.2) is 42.5 Å². The van der Waals surface area contributed by atoms with Crippen molar-refractivity contribution in [3.63, 3.8) is 0 Å². The third-order valence-electron chi connectivity index (χ3n) is 3.37. The summed E-state index contributed by atoms with van der Waals surface area (Å²) in [7, 11) is 0. The summed E-state index contributed by atoms with van der Waals surface area (Å²) < 4.78 is 10.5. The van der Waals surface area contributed by atoms with Crippen molar-refractivity contribution >= 4 is 35.1 Å². The van der Waals surface area contributed by atoms with E-state index in [9.17, 15) is 4.79 Å². The Morgan fingerprint density at radius 3 is 2.25 bits per heavy atom. The van der Waals surface area contributed by atoms with Gasteiger partial charge in [-0.1, -0.05) is 23.7 Å². The number of hydrogen-bond donors (Lipinski definition) is 4. The monoisotopic (exact) mass is 408 g/mol. The number of carboxylic acid groups (broad SMARTS) is 2. The molecule has 0 atom stereocenters. The average molecular weight is 409 g/mol. The Kier molecular flexibility index (Phi) is 7.61. The van der Waals surface area contributed by atoms with Crippen molar-refractivity contribution < 1.29 is 34.1 Å². The number of carbonyl (C=O) groups excluding carboxylic acids is 1. The maximum Gasteiger partial charge on any atom is 0.414 e. The molecule has 2 aromatic carbocycles. The highest BCUT2D eigenvalue weighted by atomic mass is 35.5. The van der Waals surface area contributed by atoms with E-state index in [1.165, 1.54) is 0 Å². The molecule has 9 nitrogen and oxygen atoms in total. The van der Waals surface area contributed by atoms with Crippen LogP contribution < -0.4 is 20.1 Å². The fourth-order valence-corrected chi connectivity index (χ4v) is 2.23. The maximum atomic E-state index is 11.9. The minimum Gasteiger partial charge on any atom is -0.473 e. The van der Waals surface area contributed by atoms with Gasteiger partial charge in [0.05, 0.1) is 6.54 Å². The van der Waals surface area contributed by atoms with Crippen molar-refractivity contribution in [3.05, 3.63) is 53.1 Å². The number of hydrogen-bond acceptors (Lipinski definition) is 6. The standard InChI is InChI=1S/C16H15ClN2O3.C2H2O4/c17-12-3-1-11(2-4-12)8-18-9-16(20)19-13-5-6-14-15(7-13)22-10-21-14;3-1(4)2(5)6/h1-7,18H,8-10H2,(H,19,20);(H,3,4)(H,5,6). The summed E-state index contributed by atoms with van der Waals surface area (Å²) in [6.45, 7) is 1.04. The zero-order valence-corrected chi connectivity index (χ0v) is 15.2. The van der Waals surface area contributed by atoms with E-state index in [-0.39, 0.29) is 19.2 Å². The fraction of sp³-hybridized carbons (Fsp3) is 0.167. The highest BCUT2D eigenvalue weighted by molar-refractivity contribution is 6.30. The molecule has 1 aliphatic rings. The molecule has 0 saturated carbocycles. The first kappa shape index (κ1) is 21.0. The van der Waals surface area contributed by atoms with Crippen LogP contribution in [0, 0.1) is 0 Å². The molecule has 10 heteroatoms. The lowest BCUT2D eigenvalue weighted by molar-refractivity contribution is -0.159. The van der Waals surface area contributed by atoms with Crippen LogP contribution >= 0.6 is 11.6 Å². The van der Waals surface area contributed by atoms with Crippen LogP contribution in [0.4, 0.5) is 5.69 Å². The molecule has 148 valence electrons. The van der Waals surface area contributed by atoms with Gasteiger partial charge in [-0.15, -0.1) is 0 Å². The van der Waals surface area contributed by atoms with Crippen molar-refractivity contribution in [2.75, 3.05) is 18.7 Å². The van der Waals surface area contributed by atoms with E-state index in [0.29, 0.717) is 28.8 Å². The Hall–Kier alpha value is -3.30. The largest absolute Gasteiger partial charge is 0.473 e. The van der Waals surface area contributed by atoms with Crippen LogP contribution in [-0.4, -0.2) is 41.4 Å². The summed E-state index contributed by atoms with van der Waals surface area (Å²) >= 11 is 5.82. The fourth-order valence-electron chi connectivity index (χ4n) is 2.10. The van der Waals surface area contributed by atoms with Gasteiger partial charge in [-0.2, -0.15) is 0 Å². The van der Waals surface area contributed by atoms with Gasteiger partial charge < -0.3 is 30.3 Å². The van der Waals surface area contributed by atoms with E-state index in [1.54, 1.807) is 18.2 Å². The van der Waals surface area contributed by atoms with E-state index < -0.39 is 11.9 Å². The van der Waals surface area contributed by atoms with E-state index in [4.69, 9.17) is 40.9 Å². The van der Waals surface area contributed by atoms with Crippen molar-refractivity contribution in [1.29, 1.82) is 0 Å². The first-order valence-electron chi connectivity index (χ1n) is 7.96. The first-order valence-corrected chi connectivity index (χ1v) is 8.34. The molecule has 1 aliphatic heterocycles. The van der Waals surface area contributed by atoms with E-state index >= 15 is 0 Å². The lowest BCUT2D eigenvalue weighted by Crippen LogP contribution is -2.27. The number of anilines is 1. The first-order chi connectivity index (χ1) is 13.3. The van der Waals surface area contributed by atoms with E-state index in [1.807, 2.05) is 24.3 Å². The third kappa shape index (κ3) is 6.78. The van der Waals surface area contributed by atoms with Gasteiger partial charge in [0, 0.05) is 23.3 Å². The molecule has 4 N–H and O–H groups in total. The molecule has 0 saturated heterocycles. The number of benzene rings is 2. The second kappa shape index (κ2) is 10.1. The molecule has 1 heterocycles. The van der Waals surface area contributed by atoms with Gasteiger partial charge >= 0.3 is 11.9 Å². The topological polar surface area (TPSA) is 134 Å². The zero-order valence-electron chi connectivity index (χ0n) is 14.5. The average Bonchev–Trinajstić information content (AvgIpc) is 3.11. The van der Waals surface area contributed by atoms with Crippen LogP contribution in [0.5, 0.6) is 11.5 Å². The van der Waals surface area contributed by atoms with Gasteiger partial charge in [-0.3, -0.25) is 4.79 Å². The molecule has 1 amide bonds. The summed E-state index contributed by atoms with van der Waals surface area (Å²) in [5, 5.41) is 21.4. The Bertz CT molecular complexity index is 844. The van der Waals surface area contributed by atoms with Crippen LogP contribution in [0.3, 0.4) is 0 Å². The second-order valence-electron chi connectivity index (χ2n) is 5.46. The molecule has 0 fully saturated rings. The molecule has 0 radical (unpaired) electrons. The Balaban J connectivity index is 0.000000409. The predicted molar refractivity (Wildman–Crippen MR) is 99.6 cm³/mol. The Morgan fingerprint density at radius 1 is 0.964 bits per heavy atom. The lowest BCUT2D eigenvalue weighted by atomic mass is 10.2. The second-order valence-corrected chi connectivity index (χ2v) is 5.89. The van der Waals surface area contributed by atoms with Gasteiger partial charge in [0.25, 0.3) is 0 Å². The van der Waals surface area contributed by atoms with Gasteiger partial charge in [-0.05, 0) is 29.8 Å². The van der Waals surface area contributed by atoms with Crippen molar-refractivity contribution in [2.24, 2.45) is 0 Å². The number of fused-ring (bicyclic) bond motifs is 1. The number of amides is 1. The van der Waals surface area contributed by atoms with Crippen molar-refractivity contribution in [3.8, 4) is 11.5 Å². The summed E-state index contributed by atoms with van der Waals surface area (Å²) in [4.78, 5) is 30.1. The normalized spacial score (nSPS) is 11.2. The quantitative estimate of drug-likeness (QED) is 0.551. The van der Waals surface area contributed by atoms with Gasteiger partial charge in [0.2, 0.25) is 12.7 Å². The number of aliphatic carboxylic acids is 2. The van der Waals surface area contributed by atoms with Crippen molar-refractivity contribution in [2.45, 2.75) is 6.54 Å². The van der Waals surface area contributed by atoms with Gasteiger partial charge in [-0.25, -0.2) is 9.59 Å². The molecular formula is C18H17ClN2O7. The highest BCUT2D eigenvalue weighted by Gasteiger charge is 2.14.